The van der Waals surface area contributed by atoms with Crippen LogP contribution < -0.4 is 9.47 Å². The molecule has 0 bridgehead atoms. The summed E-state index contributed by atoms with van der Waals surface area (Å²) < 4.78 is 11.5. The number of oxime groups is 1. The second-order valence-corrected chi connectivity index (χ2v) is 5.98. The summed E-state index contributed by atoms with van der Waals surface area (Å²) >= 11 is 0. The first-order valence-corrected chi connectivity index (χ1v) is 8.54. The van der Waals surface area contributed by atoms with Crippen LogP contribution >= 0.6 is 0 Å². The fourth-order valence-corrected chi connectivity index (χ4v) is 2.74. The largest absolute Gasteiger partial charge is 0.457 e. The second-order valence-electron chi connectivity index (χ2n) is 5.98. The Morgan fingerprint density at radius 2 is 1.56 bits per heavy atom. The molecule has 5 nitrogen and oxygen atoms in total. The van der Waals surface area contributed by atoms with Gasteiger partial charge in [0.2, 0.25) is 5.90 Å². The molecule has 0 fully saturated rings. The Labute approximate surface area is 157 Å². The van der Waals surface area contributed by atoms with E-state index in [9.17, 15) is 0 Å². The predicted molar refractivity (Wildman–Crippen MR) is 101 cm³/mol. The topological polar surface area (TPSA) is 63.8 Å². The molecular formula is C22H16N2O3. The summed E-state index contributed by atoms with van der Waals surface area (Å²) in [5.41, 5.74) is 1.44. The maximum atomic E-state index is 9.14. The molecule has 3 aromatic rings. The average Bonchev–Trinajstić information content (AvgIpc) is 3.18. The van der Waals surface area contributed by atoms with Gasteiger partial charge in [-0.15, -0.1) is 0 Å². The van der Waals surface area contributed by atoms with Crippen LogP contribution in [0.25, 0.3) is 0 Å². The van der Waals surface area contributed by atoms with E-state index in [0.717, 1.165) is 17.1 Å². The van der Waals surface area contributed by atoms with Crippen molar-refractivity contribution in [2.75, 3.05) is 0 Å². The third-order valence-electron chi connectivity index (χ3n) is 4.11. The number of benzene rings is 3. The van der Waals surface area contributed by atoms with E-state index in [4.69, 9.17) is 19.6 Å². The quantitative estimate of drug-likeness (QED) is 0.644. The molecule has 1 atom stereocenters. The molecule has 0 saturated carbocycles. The predicted octanol–water partition coefficient (Wildman–Crippen LogP) is 5.20. The minimum atomic E-state index is -0.222. The zero-order valence-corrected chi connectivity index (χ0v) is 14.4. The molecule has 0 unspecified atom stereocenters. The van der Waals surface area contributed by atoms with Crippen molar-refractivity contribution < 1.29 is 14.3 Å². The highest BCUT2D eigenvalue weighted by atomic mass is 16.7. The van der Waals surface area contributed by atoms with Crippen molar-refractivity contribution in [1.29, 1.82) is 5.26 Å². The lowest BCUT2D eigenvalue weighted by Crippen LogP contribution is -2.08. The standard InChI is InChI=1S/C22H16N2O3/c23-15-17-6-4-5-9-20(17)26-22-14-21(27-24-22)16-10-12-19(13-11-16)25-18-7-2-1-3-8-18/h1-13,21H,14H2/t21-/m1/s1. The van der Waals surface area contributed by atoms with Crippen LogP contribution in [0.4, 0.5) is 0 Å². The number of hydrogen-bond acceptors (Lipinski definition) is 5. The monoisotopic (exact) mass is 356 g/mol. The van der Waals surface area contributed by atoms with E-state index >= 15 is 0 Å². The number of nitriles is 1. The van der Waals surface area contributed by atoms with Crippen molar-refractivity contribution in [3.8, 4) is 23.3 Å². The summed E-state index contributed by atoms with van der Waals surface area (Å²) in [6.07, 6.45) is 0.276. The summed E-state index contributed by atoms with van der Waals surface area (Å²) in [4.78, 5) is 5.49. The Morgan fingerprint density at radius 3 is 2.33 bits per heavy atom. The van der Waals surface area contributed by atoms with Gasteiger partial charge in [0.15, 0.2) is 6.10 Å². The van der Waals surface area contributed by atoms with Crippen molar-refractivity contribution in [2.45, 2.75) is 12.5 Å². The smallest absolute Gasteiger partial charge is 0.235 e. The Morgan fingerprint density at radius 1 is 0.852 bits per heavy atom. The number of nitrogens with zero attached hydrogens (tertiary/aromatic N) is 2. The maximum Gasteiger partial charge on any atom is 0.235 e. The minimum absolute atomic E-state index is 0.222. The Balaban J connectivity index is 1.39. The van der Waals surface area contributed by atoms with Gasteiger partial charge in [-0.3, -0.25) is 0 Å². The zero-order valence-electron chi connectivity index (χ0n) is 14.4. The Hall–Kier alpha value is -3.78. The number of para-hydroxylation sites is 2. The SMILES string of the molecule is N#Cc1ccccc1OC1=NO[C@@H](c2ccc(Oc3ccccc3)cc2)C1. The van der Waals surface area contributed by atoms with Gasteiger partial charge in [0.05, 0.1) is 12.0 Å². The number of hydrogen-bond donors (Lipinski definition) is 0. The van der Waals surface area contributed by atoms with E-state index in [0.29, 0.717) is 23.6 Å². The molecule has 0 aliphatic carbocycles. The molecular weight excluding hydrogens is 340 g/mol. The Bertz CT molecular complexity index is 992. The summed E-state index contributed by atoms with van der Waals surface area (Å²) in [7, 11) is 0. The van der Waals surface area contributed by atoms with E-state index in [-0.39, 0.29) is 6.10 Å². The zero-order chi connectivity index (χ0) is 18.5. The molecule has 1 heterocycles. The first-order chi connectivity index (χ1) is 13.3. The molecule has 5 heteroatoms. The first-order valence-electron chi connectivity index (χ1n) is 8.54. The number of rotatable bonds is 4. The summed E-state index contributed by atoms with van der Waals surface area (Å²) in [5, 5.41) is 13.1. The van der Waals surface area contributed by atoms with Crippen LogP contribution in [0.3, 0.4) is 0 Å². The highest BCUT2D eigenvalue weighted by Gasteiger charge is 2.25. The average molecular weight is 356 g/mol. The third kappa shape index (κ3) is 3.91. The molecule has 1 aliphatic heterocycles. The van der Waals surface area contributed by atoms with Crippen LogP contribution in [0.1, 0.15) is 23.7 Å². The van der Waals surface area contributed by atoms with E-state index in [1.165, 1.54) is 0 Å². The maximum absolute atomic E-state index is 9.14. The molecule has 3 aromatic carbocycles. The lowest BCUT2D eigenvalue weighted by atomic mass is 10.1. The fourth-order valence-electron chi connectivity index (χ4n) is 2.74. The minimum Gasteiger partial charge on any atom is -0.457 e. The molecule has 1 aliphatic rings. The highest BCUT2D eigenvalue weighted by molar-refractivity contribution is 5.80. The van der Waals surface area contributed by atoms with E-state index in [1.54, 1.807) is 18.2 Å². The van der Waals surface area contributed by atoms with Crippen molar-refractivity contribution >= 4 is 5.90 Å². The Kier molecular flexibility index (Phi) is 4.71. The van der Waals surface area contributed by atoms with Gasteiger partial charge < -0.3 is 14.3 Å². The van der Waals surface area contributed by atoms with Gasteiger partial charge in [0, 0.05) is 0 Å². The molecule has 0 spiro atoms. The second kappa shape index (κ2) is 7.63. The van der Waals surface area contributed by atoms with Gasteiger partial charge in [-0.25, -0.2) is 0 Å². The van der Waals surface area contributed by atoms with Crippen LogP contribution in [-0.2, 0) is 4.84 Å². The van der Waals surface area contributed by atoms with Crippen molar-refractivity contribution in [3.05, 3.63) is 90.0 Å². The normalized spacial score (nSPS) is 15.4. The molecule has 0 amide bonds. The summed E-state index contributed by atoms with van der Waals surface area (Å²) in [6.45, 7) is 0. The van der Waals surface area contributed by atoms with Gasteiger partial charge in [-0.1, -0.05) is 47.6 Å². The van der Waals surface area contributed by atoms with Crippen molar-refractivity contribution in [3.63, 3.8) is 0 Å². The van der Waals surface area contributed by atoms with Gasteiger partial charge in [-0.2, -0.15) is 5.26 Å². The molecule has 0 aromatic heterocycles. The summed E-state index contributed by atoms with van der Waals surface area (Å²) in [6, 6.07) is 26.5. The van der Waals surface area contributed by atoms with Gasteiger partial charge in [0.25, 0.3) is 0 Å². The highest BCUT2D eigenvalue weighted by Crippen LogP contribution is 2.31. The molecule has 27 heavy (non-hydrogen) atoms. The van der Waals surface area contributed by atoms with E-state index < -0.39 is 0 Å². The van der Waals surface area contributed by atoms with Gasteiger partial charge >= 0.3 is 0 Å². The third-order valence-corrected chi connectivity index (χ3v) is 4.11. The first kappa shape index (κ1) is 16.7. The van der Waals surface area contributed by atoms with E-state index in [1.807, 2.05) is 60.7 Å². The van der Waals surface area contributed by atoms with Crippen LogP contribution in [-0.4, -0.2) is 5.90 Å². The molecule has 0 radical (unpaired) electrons. The van der Waals surface area contributed by atoms with Crippen LogP contribution in [0.15, 0.2) is 84.0 Å². The number of ether oxygens (including phenoxy) is 2. The van der Waals surface area contributed by atoms with E-state index in [2.05, 4.69) is 11.2 Å². The summed E-state index contributed by atoms with van der Waals surface area (Å²) in [5.74, 6) is 2.47. The van der Waals surface area contributed by atoms with Crippen molar-refractivity contribution in [1.82, 2.24) is 0 Å². The molecule has 4 rings (SSSR count). The van der Waals surface area contributed by atoms with Crippen molar-refractivity contribution in [2.24, 2.45) is 5.16 Å². The van der Waals surface area contributed by atoms with Crippen LogP contribution in [0, 0.1) is 11.3 Å². The van der Waals surface area contributed by atoms with Crippen LogP contribution in [0.5, 0.6) is 17.2 Å². The molecule has 0 N–H and O–H groups in total. The fraction of sp³-hybridized carbons (Fsp3) is 0.0909. The molecule has 0 saturated heterocycles. The lowest BCUT2D eigenvalue weighted by Gasteiger charge is -2.10. The van der Waals surface area contributed by atoms with Crippen LogP contribution in [0.2, 0.25) is 0 Å². The lowest BCUT2D eigenvalue weighted by molar-refractivity contribution is 0.0855. The van der Waals surface area contributed by atoms with Gasteiger partial charge in [-0.05, 0) is 42.0 Å². The molecule has 132 valence electrons. The van der Waals surface area contributed by atoms with Gasteiger partial charge in [0.1, 0.15) is 23.3 Å².